The van der Waals surface area contributed by atoms with E-state index in [0.717, 1.165) is 6.07 Å². The van der Waals surface area contributed by atoms with Crippen molar-refractivity contribution in [2.24, 2.45) is 0 Å². The Bertz CT molecular complexity index is 402. The molecule has 0 unspecified atom stereocenters. The number of hydrogen-bond acceptors (Lipinski definition) is 5. The molecule has 1 aromatic rings. The number of rotatable bonds is 3. The van der Waals surface area contributed by atoms with E-state index in [1.807, 2.05) is 0 Å². The second kappa shape index (κ2) is 3.95. The zero-order valence-corrected chi connectivity index (χ0v) is 8.27. The van der Waals surface area contributed by atoms with Crippen LogP contribution in [-0.4, -0.2) is 30.4 Å². The maximum Gasteiger partial charge on any atom is 0.341 e. The fraction of sp³-hybridized carbons (Fsp3) is 0.222. The topological polar surface area (TPSA) is 102 Å². The molecule has 15 heavy (non-hydrogen) atoms. The summed E-state index contributed by atoms with van der Waals surface area (Å²) in [5, 5.41) is 18.2. The zero-order chi connectivity index (χ0) is 11.6. The van der Waals surface area contributed by atoms with Gasteiger partial charge in [0.1, 0.15) is 11.3 Å². The quantitative estimate of drug-likeness (QED) is 0.638. The molecule has 6 nitrogen and oxygen atoms in total. The molecule has 0 saturated heterocycles. The van der Waals surface area contributed by atoms with Crippen LogP contribution in [0.3, 0.4) is 0 Å². The lowest BCUT2D eigenvalue weighted by atomic mass is 10.1. The summed E-state index contributed by atoms with van der Waals surface area (Å²) >= 11 is 0. The van der Waals surface area contributed by atoms with Crippen LogP contribution in [0, 0.1) is 0 Å². The molecule has 82 valence electrons. The first-order valence-corrected chi connectivity index (χ1v) is 3.99. The maximum absolute atomic E-state index is 10.8. The first-order chi connectivity index (χ1) is 7.02. The van der Waals surface area contributed by atoms with Gasteiger partial charge in [-0.3, -0.25) is 0 Å². The molecule has 6 heteroatoms. The van der Waals surface area contributed by atoms with E-state index in [2.05, 4.69) is 0 Å². The number of anilines is 1. The molecular formula is C9H11NO5. The molecule has 0 spiro atoms. The molecule has 0 aliphatic rings. The third-order valence-electron chi connectivity index (χ3n) is 1.90. The van der Waals surface area contributed by atoms with Crippen LogP contribution in [0.1, 0.15) is 10.4 Å². The molecule has 4 N–H and O–H groups in total. The maximum atomic E-state index is 10.8. The lowest BCUT2D eigenvalue weighted by Crippen LogP contribution is -2.06. The summed E-state index contributed by atoms with van der Waals surface area (Å²) in [6, 6.07) is 1.14. The Morgan fingerprint density at radius 3 is 2.40 bits per heavy atom. The van der Waals surface area contributed by atoms with Gasteiger partial charge in [-0.2, -0.15) is 0 Å². The van der Waals surface area contributed by atoms with Crippen LogP contribution in [0.5, 0.6) is 17.2 Å². The molecule has 0 amide bonds. The molecule has 0 atom stereocenters. The van der Waals surface area contributed by atoms with Crippen molar-refractivity contribution in [3.8, 4) is 17.2 Å². The predicted octanol–water partition coefficient (Wildman–Crippen LogP) is 0.690. The van der Waals surface area contributed by atoms with E-state index in [1.165, 1.54) is 14.2 Å². The van der Waals surface area contributed by atoms with Crippen LogP contribution in [0.15, 0.2) is 6.07 Å². The summed E-state index contributed by atoms with van der Waals surface area (Å²) in [6.45, 7) is 0. The molecule has 0 aliphatic heterocycles. The largest absolute Gasteiger partial charge is 0.507 e. The van der Waals surface area contributed by atoms with Crippen molar-refractivity contribution in [1.82, 2.24) is 0 Å². The van der Waals surface area contributed by atoms with Crippen LogP contribution in [0.4, 0.5) is 5.69 Å². The van der Waals surface area contributed by atoms with Crippen LogP contribution >= 0.6 is 0 Å². The minimum absolute atomic E-state index is 0.0905. The van der Waals surface area contributed by atoms with Gasteiger partial charge in [-0.15, -0.1) is 0 Å². The highest BCUT2D eigenvalue weighted by Crippen LogP contribution is 2.40. The van der Waals surface area contributed by atoms with E-state index in [1.54, 1.807) is 0 Å². The Balaban J connectivity index is 3.51. The number of carboxylic acids is 1. The minimum atomic E-state index is -1.33. The van der Waals surface area contributed by atoms with Crippen LogP contribution < -0.4 is 15.2 Å². The molecule has 0 aliphatic carbocycles. The molecule has 0 bridgehead atoms. The first-order valence-electron chi connectivity index (χ1n) is 3.99. The predicted molar refractivity (Wildman–Crippen MR) is 52.6 cm³/mol. The Morgan fingerprint density at radius 2 is 2.00 bits per heavy atom. The summed E-state index contributed by atoms with van der Waals surface area (Å²) < 4.78 is 9.76. The first kappa shape index (κ1) is 11.0. The number of carbonyl (C=O) groups is 1. The number of methoxy groups -OCH3 is 2. The third kappa shape index (κ3) is 1.74. The van der Waals surface area contributed by atoms with E-state index in [4.69, 9.17) is 20.3 Å². The number of nitrogen functional groups attached to an aromatic ring is 1. The number of hydrogen-bond donors (Lipinski definition) is 3. The molecule has 1 rings (SSSR count). The average molecular weight is 213 g/mol. The van der Waals surface area contributed by atoms with Crippen molar-refractivity contribution in [1.29, 1.82) is 0 Å². The molecule has 0 saturated carbocycles. The lowest BCUT2D eigenvalue weighted by Gasteiger charge is -2.13. The summed E-state index contributed by atoms with van der Waals surface area (Å²) in [4.78, 5) is 10.8. The third-order valence-corrected chi connectivity index (χ3v) is 1.90. The van der Waals surface area contributed by atoms with E-state index >= 15 is 0 Å². The van der Waals surface area contributed by atoms with E-state index < -0.39 is 17.3 Å². The monoisotopic (exact) mass is 213 g/mol. The summed E-state index contributed by atoms with van der Waals surface area (Å²) in [5.74, 6) is -1.52. The van der Waals surface area contributed by atoms with Crippen molar-refractivity contribution in [3.63, 3.8) is 0 Å². The van der Waals surface area contributed by atoms with E-state index in [0.29, 0.717) is 0 Å². The van der Waals surface area contributed by atoms with Gasteiger partial charge in [0.2, 0.25) is 0 Å². The Hall–Kier alpha value is -2.11. The van der Waals surface area contributed by atoms with Crippen LogP contribution in [0.2, 0.25) is 0 Å². The van der Waals surface area contributed by atoms with Gasteiger partial charge in [-0.05, 0) is 0 Å². The molecule has 0 aromatic heterocycles. The number of phenols is 1. The van der Waals surface area contributed by atoms with Gasteiger partial charge >= 0.3 is 5.97 Å². The normalized spacial score (nSPS) is 9.73. The Kier molecular flexibility index (Phi) is 2.89. The van der Waals surface area contributed by atoms with E-state index in [9.17, 15) is 9.90 Å². The standard InChI is InChI=1S/C9H11NO5/c1-14-5-3-4(11)6(9(12)13)7(10)8(5)15-2/h3,11H,10H2,1-2H3,(H,12,13). The molecule has 1 aromatic carbocycles. The van der Waals surface area contributed by atoms with Crippen LogP contribution in [-0.2, 0) is 0 Å². The molecule has 0 fully saturated rings. The highest BCUT2D eigenvalue weighted by Gasteiger charge is 2.21. The van der Waals surface area contributed by atoms with Gasteiger partial charge in [-0.25, -0.2) is 4.79 Å². The average Bonchev–Trinajstić information content (AvgIpc) is 2.16. The second-order valence-corrected chi connectivity index (χ2v) is 2.73. The highest BCUT2D eigenvalue weighted by atomic mass is 16.5. The number of ether oxygens (including phenoxy) is 2. The summed E-state index contributed by atoms with van der Waals surface area (Å²) in [5.41, 5.74) is 4.97. The van der Waals surface area contributed by atoms with Gasteiger partial charge in [0.15, 0.2) is 11.5 Å². The van der Waals surface area contributed by atoms with Crippen molar-refractivity contribution in [2.45, 2.75) is 0 Å². The number of carboxylic acid groups (broad SMARTS) is 1. The van der Waals surface area contributed by atoms with Gasteiger partial charge < -0.3 is 25.4 Å². The summed E-state index contributed by atoms with van der Waals surface area (Å²) in [6.07, 6.45) is 0. The number of benzene rings is 1. The fourth-order valence-electron chi connectivity index (χ4n) is 1.23. The Morgan fingerprint density at radius 1 is 1.40 bits per heavy atom. The second-order valence-electron chi connectivity index (χ2n) is 2.73. The zero-order valence-electron chi connectivity index (χ0n) is 8.27. The number of aromatic hydroxyl groups is 1. The SMILES string of the molecule is COc1cc(O)c(C(=O)O)c(N)c1OC. The molecule has 0 heterocycles. The molecule has 0 radical (unpaired) electrons. The van der Waals surface area contributed by atoms with Gasteiger partial charge in [0, 0.05) is 6.07 Å². The van der Waals surface area contributed by atoms with Gasteiger partial charge in [0.25, 0.3) is 0 Å². The summed E-state index contributed by atoms with van der Waals surface area (Å²) in [7, 11) is 2.69. The Labute approximate surface area is 85.8 Å². The van der Waals surface area contributed by atoms with Crippen molar-refractivity contribution in [2.75, 3.05) is 20.0 Å². The van der Waals surface area contributed by atoms with Crippen LogP contribution in [0.25, 0.3) is 0 Å². The van der Waals surface area contributed by atoms with Crippen molar-refractivity contribution in [3.05, 3.63) is 11.6 Å². The smallest absolute Gasteiger partial charge is 0.341 e. The lowest BCUT2D eigenvalue weighted by molar-refractivity contribution is 0.0694. The number of nitrogens with two attached hydrogens (primary N) is 1. The van der Waals surface area contributed by atoms with Gasteiger partial charge in [0.05, 0.1) is 19.9 Å². The highest BCUT2D eigenvalue weighted by molar-refractivity contribution is 5.99. The molecular weight excluding hydrogens is 202 g/mol. The van der Waals surface area contributed by atoms with Crippen molar-refractivity contribution >= 4 is 11.7 Å². The minimum Gasteiger partial charge on any atom is -0.507 e. The number of aromatic carboxylic acids is 1. The van der Waals surface area contributed by atoms with Gasteiger partial charge in [-0.1, -0.05) is 0 Å². The van der Waals surface area contributed by atoms with E-state index in [-0.39, 0.29) is 17.2 Å². The fourth-order valence-corrected chi connectivity index (χ4v) is 1.23. The van der Waals surface area contributed by atoms with Crippen molar-refractivity contribution < 1.29 is 24.5 Å².